The predicted octanol–water partition coefficient (Wildman–Crippen LogP) is 1.04. The van der Waals surface area contributed by atoms with Gasteiger partial charge in [0.2, 0.25) is 0 Å². The van der Waals surface area contributed by atoms with Gasteiger partial charge in [-0.3, -0.25) is 4.90 Å². The van der Waals surface area contributed by atoms with Crippen molar-refractivity contribution in [2.75, 3.05) is 46.6 Å². The molecule has 7 nitrogen and oxygen atoms in total. The first kappa shape index (κ1) is 16.8. The summed E-state index contributed by atoms with van der Waals surface area (Å²) in [5, 5.41) is 4.80. The molecule has 7 heteroatoms. The zero-order valence-electron chi connectivity index (χ0n) is 14.2. The van der Waals surface area contributed by atoms with Gasteiger partial charge < -0.3 is 14.2 Å². The fourth-order valence-corrected chi connectivity index (χ4v) is 2.97. The van der Waals surface area contributed by atoms with Crippen LogP contribution in [0.25, 0.3) is 0 Å². The Hall–Kier alpha value is -1.02. The monoisotopic (exact) mass is 324 g/mol. The molecule has 3 rings (SSSR count). The number of hydrogen-bond acceptors (Lipinski definition) is 6. The zero-order valence-corrected chi connectivity index (χ0v) is 14.2. The normalized spacial score (nSPS) is 23.5. The second-order valence-corrected chi connectivity index (χ2v) is 6.35. The summed E-state index contributed by atoms with van der Waals surface area (Å²) in [5.41, 5.74) is 0. The number of hydrogen-bond donors (Lipinski definition) is 0. The van der Waals surface area contributed by atoms with E-state index in [0.29, 0.717) is 32.3 Å². The van der Waals surface area contributed by atoms with Gasteiger partial charge in [-0.25, -0.2) is 9.67 Å². The maximum absolute atomic E-state index is 5.78. The molecule has 2 fully saturated rings. The Labute approximate surface area is 137 Å². The molecule has 0 aliphatic carbocycles. The molecular formula is C16H28N4O3. The summed E-state index contributed by atoms with van der Waals surface area (Å²) in [6.07, 6.45) is 2.09. The molecule has 0 spiro atoms. The first-order valence-corrected chi connectivity index (χ1v) is 8.65. The largest absolute Gasteiger partial charge is 0.381 e. The Bertz CT molecular complexity index is 482. The lowest BCUT2D eigenvalue weighted by atomic mass is 10.00. The molecule has 2 saturated heterocycles. The van der Waals surface area contributed by atoms with Gasteiger partial charge in [-0.2, -0.15) is 5.10 Å². The Morgan fingerprint density at radius 2 is 2.00 bits per heavy atom. The first-order valence-electron chi connectivity index (χ1n) is 8.65. The summed E-state index contributed by atoms with van der Waals surface area (Å²) in [7, 11) is 2.10. The van der Waals surface area contributed by atoms with Crippen molar-refractivity contribution < 1.29 is 14.2 Å². The molecule has 0 saturated carbocycles. The SMILES string of the molecule is CCN(C)Cc1nc(C2CCOCC2)nn1C[C@H]1COCCO1. The average Bonchev–Trinajstić information content (AvgIpc) is 2.99. The molecule has 23 heavy (non-hydrogen) atoms. The fourth-order valence-electron chi connectivity index (χ4n) is 2.97. The van der Waals surface area contributed by atoms with Crippen LogP contribution < -0.4 is 0 Å². The van der Waals surface area contributed by atoms with Crippen molar-refractivity contribution >= 4 is 0 Å². The van der Waals surface area contributed by atoms with Crippen LogP contribution in [-0.2, 0) is 27.3 Å². The van der Waals surface area contributed by atoms with Crippen LogP contribution in [0.5, 0.6) is 0 Å². The highest BCUT2D eigenvalue weighted by Gasteiger charge is 2.24. The smallest absolute Gasteiger partial charge is 0.154 e. The minimum Gasteiger partial charge on any atom is -0.381 e. The van der Waals surface area contributed by atoms with E-state index in [-0.39, 0.29) is 6.10 Å². The minimum atomic E-state index is 0.0682. The Morgan fingerprint density at radius 3 is 2.70 bits per heavy atom. The van der Waals surface area contributed by atoms with E-state index in [0.717, 1.165) is 50.8 Å². The first-order chi connectivity index (χ1) is 11.3. The molecule has 1 atom stereocenters. The summed E-state index contributed by atoms with van der Waals surface area (Å²) >= 11 is 0. The van der Waals surface area contributed by atoms with Gasteiger partial charge in [0.1, 0.15) is 11.9 Å². The average molecular weight is 324 g/mol. The van der Waals surface area contributed by atoms with Crippen LogP contribution in [0.15, 0.2) is 0 Å². The molecular weight excluding hydrogens is 296 g/mol. The number of rotatable bonds is 6. The van der Waals surface area contributed by atoms with E-state index < -0.39 is 0 Å². The predicted molar refractivity (Wildman–Crippen MR) is 85.4 cm³/mol. The molecule has 2 aliphatic heterocycles. The third kappa shape index (κ3) is 4.50. The van der Waals surface area contributed by atoms with Crippen LogP contribution in [0.4, 0.5) is 0 Å². The lowest BCUT2D eigenvalue weighted by Crippen LogP contribution is -2.33. The second-order valence-electron chi connectivity index (χ2n) is 6.35. The van der Waals surface area contributed by atoms with Crippen molar-refractivity contribution in [2.45, 2.75) is 44.9 Å². The van der Waals surface area contributed by atoms with Crippen molar-refractivity contribution in [3.05, 3.63) is 11.6 Å². The fraction of sp³-hybridized carbons (Fsp3) is 0.875. The van der Waals surface area contributed by atoms with Crippen molar-refractivity contribution in [3.8, 4) is 0 Å². The van der Waals surface area contributed by atoms with Crippen LogP contribution >= 0.6 is 0 Å². The van der Waals surface area contributed by atoms with E-state index in [1.807, 2.05) is 4.68 Å². The Morgan fingerprint density at radius 1 is 1.17 bits per heavy atom. The third-order valence-corrected chi connectivity index (χ3v) is 4.56. The highest BCUT2D eigenvalue weighted by atomic mass is 16.6. The molecule has 0 unspecified atom stereocenters. The van der Waals surface area contributed by atoms with E-state index in [2.05, 4.69) is 18.9 Å². The highest BCUT2D eigenvalue weighted by molar-refractivity contribution is 5.01. The third-order valence-electron chi connectivity index (χ3n) is 4.56. The maximum Gasteiger partial charge on any atom is 0.154 e. The summed E-state index contributed by atoms with van der Waals surface area (Å²) in [5.74, 6) is 2.40. The van der Waals surface area contributed by atoms with Gasteiger partial charge in [0.25, 0.3) is 0 Å². The molecule has 0 aromatic carbocycles. The standard InChI is InChI=1S/C16H28N4O3/c1-3-19(2)11-15-17-16(13-4-6-21-7-5-13)18-20(15)10-14-12-22-8-9-23-14/h13-14H,3-12H2,1-2H3/t14-/m0/s1. The molecule has 1 aromatic heterocycles. The van der Waals surface area contributed by atoms with Gasteiger partial charge in [-0.1, -0.05) is 6.92 Å². The number of nitrogens with zero attached hydrogens (tertiary/aromatic N) is 4. The van der Waals surface area contributed by atoms with E-state index >= 15 is 0 Å². The van der Waals surface area contributed by atoms with Gasteiger partial charge >= 0.3 is 0 Å². The van der Waals surface area contributed by atoms with Crippen molar-refractivity contribution in [2.24, 2.45) is 0 Å². The topological polar surface area (TPSA) is 61.6 Å². The van der Waals surface area contributed by atoms with E-state index in [9.17, 15) is 0 Å². The summed E-state index contributed by atoms with van der Waals surface area (Å²) < 4.78 is 18.8. The minimum absolute atomic E-state index is 0.0682. The van der Waals surface area contributed by atoms with Crippen molar-refractivity contribution in [1.29, 1.82) is 0 Å². The van der Waals surface area contributed by atoms with Crippen LogP contribution in [-0.4, -0.2) is 72.4 Å². The van der Waals surface area contributed by atoms with Crippen LogP contribution in [0.2, 0.25) is 0 Å². The number of ether oxygens (including phenoxy) is 3. The van der Waals surface area contributed by atoms with Crippen LogP contribution in [0, 0.1) is 0 Å². The lowest BCUT2D eigenvalue weighted by molar-refractivity contribution is -0.0950. The zero-order chi connectivity index (χ0) is 16.1. The molecule has 0 N–H and O–H groups in total. The molecule has 1 aromatic rings. The summed E-state index contributed by atoms with van der Waals surface area (Å²) in [6.45, 7) is 8.26. The molecule has 2 aliphatic rings. The van der Waals surface area contributed by atoms with Crippen LogP contribution in [0.3, 0.4) is 0 Å². The summed E-state index contributed by atoms with van der Waals surface area (Å²) in [6, 6.07) is 0. The molecule has 0 bridgehead atoms. The number of aromatic nitrogens is 3. The Balaban J connectivity index is 1.74. The lowest BCUT2D eigenvalue weighted by Gasteiger charge is -2.23. The van der Waals surface area contributed by atoms with Gasteiger partial charge in [0, 0.05) is 19.1 Å². The van der Waals surface area contributed by atoms with E-state index in [4.69, 9.17) is 24.3 Å². The summed E-state index contributed by atoms with van der Waals surface area (Å²) in [4.78, 5) is 7.09. The van der Waals surface area contributed by atoms with Crippen LogP contribution in [0.1, 0.15) is 37.3 Å². The van der Waals surface area contributed by atoms with Gasteiger partial charge in [0.15, 0.2) is 5.82 Å². The van der Waals surface area contributed by atoms with Gasteiger partial charge in [-0.15, -0.1) is 0 Å². The van der Waals surface area contributed by atoms with Gasteiger partial charge in [-0.05, 0) is 26.4 Å². The highest BCUT2D eigenvalue weighted by Crippen LogP contribution is 2.24. The molecule has 3 heterocycles. The van der Waals surface area contributed by atoms with E-state index in [1.54, 1.807) is 0 Å². The molecule has 0 amide bonds. The molecule has 130 valence electrons. The second kappa shape index (κ2) is 8.19. The molecule has 0 radical (unpaired) electrons. The van der Waals surface area contributed by atoms with Crippen molar-refractivity contribution in [1.82, 2.24) is 19.7 Å². The van der Waals surface area contributed by atoms with E-state index in [1.165, 1.54) is 0 Å². The Kier molecular flexibility index (Phi) is 5.99. The van der Waals surface area contributed by atoms with Crippen molar-refractivity contribution in [3.63, 3.8) is 0 Å². The van der Waals surface area contributed by atoms with Gasteiger partial charge in [0.05, 0.1) is 32.9 Å². The quantitative estimate of drug-likeness (QED) is 0.779. The maximum atomic E-state index is 5.78.